The summed E-state index contributed by atoms with van der Waals surface area (Å²) >= 11 is 0. The number of methoxy groups -OCH3 is 1. The number of nitrogens with zero attached hydrogens (tertiary/aromatic N) is 5. The molecule has 1 saturated heterocycles. The van der Waals surface area contributed by atoms with E-state index in [1.54, 1.807) is 19.6 Å². The van der Waals surface area contributed by atoms with Crippen LogP contribution >= 0.6 is 24.0 Å². The Kier molecular flexibility index (Phi) is 7.67. The molecule has 1 aliphatic heterocycles. The lowest BCUT2D eigenvalue weighted by molar-refractivity contribution is 0.414. The van der Waals surface area contributed by atoms with Crippen LogP contribution in [0.5, 0.6) is 5.75 Å². The van der Waals surface area contributed by atoms with Crippen LogP contribution in [0.2, 0.25) is 0 Å². The lowest BCUT2D eigenvalue weighted by Crippen LogP contribution is -2.39. The molecule has 1 aromatic carbocycles. The van der Waals surface area contributed by atoms with Gasteiger partial charge in [-0.25, -0.2) is 9.97 Å². The van der Waals surface area contributed by atoms with Crippen LogP contribution in [0.4, 0.5) is 0 Å². The second kappa shape index (κ2) is 10.4. The Labute approximate surface area is 194 Å². The van der Waals surface area contributed by atoms with Gasteiger partial charge in [0.1, 0.15) is 17.9 Å². The van der Waals surface area contributed by atoms with Crippen LogP contribution in [-0.4, -0.2) is 52.6 Å². The largest absolute Gasteiger partial charge is 0.497 e. The van der Waals surface area contributed by atoms with E-state index in [4.69, 9.17) is 4.74 Å². The standard InChI is InChI=1S/C22H26N6O.HI/c1-23-22(26-14-17-3-8-21(25-13-17)28-12-10-24-16-28)27-11-9-19(15-27)18-4-6-20(29-2)7-5-18;/h3-8,10,12-13,16,19H,9,11,14-15H2,1-2H3,(H,23,26);1H. The number of ether oxygens (including phenoxy) is 1. The quantitative estimate of drug-likeness (QED) is 0.319. The maximum Gasteiger partial charge on any atom is 0.193 e. The fraction of sp³-hybridized carbons (Fsp3) is 0.318. The molecule has 4 rings (SSSR count). The van der Waals surface area contributed by atoms with E-state index >= 15 is 0 Å². The number of guanidine groups is 1. The van der Waals surface area contributed by atoms with Crippen LogP contribution in [0.15, 0.2) is 66.3 Å². The first-order valence-electron chi connectivity index (χ1n) is 9.79. The number of hydrogen-bond donors (Lipinski definition) is 1. The Morgan fingerprint density at radius 3 is 2.70 bits per heavy atom. The maximum absolute atomic E-state index is 5.26. The van der Waals surface area contributed by atoms with Crippen LogP contribution in [0, 0.1) is 0 Å². The normalized spacial score (nSPS) is 16.3. The zero-order chi connectivity index (χ0) is 20.1. The van der Waals surface area contributed by atoms with E-state index in [-0.39, 0.29) is 24.0 Å². The van der Waals surface area contributed by atoms with Gasteiger partial charge in [-0.05, 0) is 35.7 Å². The minimum Gasteiger partial charge on any atom is -0.497 e. The number of benzene rings is 1. The van der Waals surface area contributed by atoms with Crippen molar-refractivity contribution in [3.8, 4) is 11.6 Å². The number of aromatic nitrogens is 3. The molecule has 0 aliphatic carbocycles. The lowest BCUT2D eigenvalue weighted by atomic mass is 9.98. The highest BCUT2D eigenvalue weighted by atomic mass is 127. The molecular weight excluding hydrogens is 491 g/mol. The smallest absolute Gasteiger partial charge is 0.193 e. The zero-order valence-corrected chi connectivity index (χ0v) is 19.6. The van der Waals surface area contributed by atoms with Gasteiger partial charge in [-0.15, -0.1) is 24.0 Å². The average molecular weight is 518 g/mol. The molecule has 3 heterocycles. The van der Waals surface area contributed by atoms with Gasteiger partial charge in [-0.2, -0.15) is 0 Å². The third-order valence-electron chi connectivity index (χ3n) is 5.32. The third-order valence-corrected chi connectivity index (χ3v) is 5.32. The molecule has 1 N–H and O–H groups in total. The Hall–Kier alpha value is -2.62. The number of aliphatic imine (C=N–C) groups is 1. The van der Waals surface area contributed by atoms with Gasteiger partial charge in [0.05, 0.1) is 7.11 Å². The molecule has 7 nitrogen and oxygen atoms in total. The van der Waals surface area contributed by atoms with E-state index in [1.807, 2.05) is 42.2 Å². The van der Waals surface area contributed by atoms with Gasteiger partial charge in [-0.1, -0.05) is 18.2 Å². The highest BCUT2D eigenvalue weighted by Crippen LogP contribution is 2.28. The monoisotopic (exact) mass is 518 g/mol. The van der Waals surface area contributed by atoms with Gasteiger partial charge in [0.2, 0.25) is 0 Å². The van der Waals surface area contributed by atoms with Gasteiger partial charge in [0, 0.05) is 51.2 Å². The molecule has 2 aromatic heterocycles. The number of nitrogens with one attached hydrogen (secondary N) is 1. The Bertz CT molecular complexity index is 941. The maximum atomic E-state index is 5.26. The highest BCUT2D eigenvalue weighted by Gasteiger charge is 2.26. The van der Waals surface area contributed by atoms with E-state index in [0.29, 0.717) is 12.5 Å². The molecule has 0 radical (unpaired) electrons. The number of likely N-dealkylation sites (tertiary alicyclic amines) is 1. The molecule has 0 saturated carbocycles. The number of halogens is 1. The van der Waals surface area contributed by atoms with Gasteiger partial charge in [-0.3, -0.25) is 9.56 Å². The molecule has 0 bridgehead atoms. The van der Waals surface area contributed by atoms with E-state index in [0.717, 1.165) is 42.6 Å². The van der Waals surface area contributed by atoms with E-state index < -0.39 is 0 Å². The Morgan fingerprint density at radius 1 is 1.23 bits per heavy atom. The Morgan fingerprint density at radius 2 is 2.07 bits per heavy atom. The second-order valence-corrected chi connectivity index (χ2v) is 7.10. The molecule has 0 spiro atoms. The molecule has 30 heavy (non-hydrogen) atoms. The summed E-state index contributed by atoms with van der Waals surface area (Å²) in [4.78, 5) is 15.4. The topological polar surface area (TPSA) is 67.6 Å². The van der Waals surface area contributed by atoms with Crippen molar-refractivity contribution in [2.45, 2.75) is 18.9 Å². The summed E-state index contributed by atoms with van der Waals surface area (Å²) in [6.07, 6.45) is 8.38. The molecular formula is C22H27IN6O. The summed E-state index contributed by atoms with van der Waals surface area (Å²) < 4.78 is 7.15. The lowest BCUT2D eigenvalue weighted by Gasteiger charge is -2.22. The van der Waals surface area contributed by atoms with Gasteiger partial charge < -0.3 is 15.0 Å². The number of imidazole rings is 1. The van der Waals surface area contributed by atoms with Crippen molar-refractivity contribution in [3.05, 3.63) is 72.4 Å². The minimum atomic E-state index is 0. The highest BCUT2D eigenvalue weighted by molar-refractivity contribution is 14.0. The first-order valence-corrected chi connectivity index (χ1v) is 9.79. The summed E-state index contributed by atoms with van der Waals surface area (Å²) in [7, 11) is 3.53. The predicted molar refractivity (Wildman–Crippen MR) is 129 cm³/mol. The van der Waals surface area contributed by atoms with Gasteiger partial charge >= 0.3 is 0 Å². The molecule has 1 aliphatic rings. The minimum absolute atomic E-state index is 0. The third kappa shape index (κ3) is 5.10. The summed E-state index contributed by atoms with van der Waals surface area (Å²) in [5.74, 6) is 3.20. The molecule has 1 atom stereocenters. The first-order chi connectivity index (χ1) is 14.3. The van der Waals surface area contributed by atoms with Crippen LogP contribution in [-0.2, 0) is 6.54 Å². The molecule has 1 fully saturated rings. The average Bonchev–Trinajstić information content (AvgIpc) is 3.48. The van der Waals surface area contributed by atoms with Gasteiger partial charge in [0.15, 0.2) is 5.96 Å². The molecule has 0 amide bonds. The van der Waals surface area contributed by atoms with Crippen molar-refractivity contribution in [2.75, 3.05) is 27.2 Å². The number of hydrogen-bond acceptors (Lipinski definition) is 4. The first kappa shape index (κ1) is 22.1. The summed E-state index contributed by atoms with van der Waals surface area (Å²) in [5.41, 5.74) is 2.46. The number of rotatable bonds is 5. The SMILES string of the molecule is CN=C(NCc1ccc(-n2ccnc2)nc1)N1CCC(c2ccc(OC)cc2)C1.I. The summed E-state index contributed by atoms with van der Waals surface area (Å²) in [5, 5.41) is 3.47. The fourth-order valence-electron chi connectivity index (χ4n) is 3.68. The van der Waals surface area contributed by atoms with Crippen LogP contribution in [0.25, 0.3) is 5.82 Å². The van der Waals surface area contributed by atoms with E-state index in [2.05, 4.69) is 43.4 Å². The molecule has 8 heteroatoms. The van der Waals surface area contributed by atoms with Crippen LogP contribution in [0.1, 0.15) is 23.5 Å². The van der Waals surface area contributed by atoms with Crippen LogP contribution < -0.4 is 10.1 Å². The van der Waals surface area contributed by atoms with Crippen molar-refractivity contribution >= 4 is 29.9 Å². The van der Waals surface area contributed by atoms with Crippen molar-refractivity contribution in [2.24, 2.45) is 4.99 Å². The van der Waals surface area contributed by atoms with Crippen molar-refractivity contribution in [3.63, 3.8) is 0 Å². The second-order valence-electron chi connectivity index (χ2n) is 7.10. The zero-order valence-electron chi connectivity index (χ0n) is 17.2. The molecule has 3 aromatic rings. The predicted octanol–water partition coefficient (Wildman–Crippen LogP) is 3.46. The van der Waals surface area contributed by atoms with Crippen LogP contribution in [0.3, 0.4) is 0 Å². The Balaban J connectivity index is 0.00000256. The summed E-state index contributed by atoms with van der Waals surface area (Å²) in [6, 6.07) is 12.5. The van der Waals surface area contributed by atoms with Crippen molar-refractivity contribution in [1.29, 1.82) is 0 Å². The van der Waals surface area contributed by atoms with E-state index in [9.17, 15) is 0 Å². The fourth-order valence-corrected chi connectivity index (χ4v) is 3.68. The van der Waals surface area contributed by atoms with Crippen molar-refractivity contribution < 1.29 is 4.74 Å². The molecule has 1 unspecified atom stereocenters. The van der Waals surface area contributed by atoms with Crippen molar-refractivity contribution in [1.82, 2.24) is 24.8 Å². The van der Waals surface area contributed by atoms with Gasteiger partial charge in [0.25, 0.3) is 0 Å². The summed E-state index contributed by atoms with van der Waals surface area (Å²) in [6.45, 7) is 2.64. The molecule has 158 valence electrons. The number of pyridine rings is 1. The van der Waals surface area contributed by atoms with E-state index in [1.165, 1.54) is 5.56 Å².